The molecule has 1 aliphatic carbocycles. The van der Waals surface area contributed by atoms with Crippen molar-refractivity contribution in [1.82, 2.24) is 4.90 Å². The molecule has 1 aliphatic heterocycles. The van der Waals surface area contributed by atoms with Crippen LogP contribution in [0.25, 0.3) is 0 Å². The lowest BCUT2D eigenvalue weighted by molar-refractivity contribution is -0.385. The Morgan fingerprint density at radius 2 is 2.08 bits per heavy atom. The highest BCUT2D eigenvalue weighted by Gasteiger charge is 2.43. The number of hydrogen-bond donors (Lipinski definition) is 0. The number of hydrogen-bond acceptors (Lipinski definition) is 5. The lowest BCUT2D eigenvalue weighted by Gasteiger charge is -2.50. The first-order chi connectivity index (χ1) is 11.8. The number of carbonyl (C=O) groups is 1. The van der Waals surface area contributed by atoms with Gasteiger partial charge in [0.15, 0.2) is 0 Å². The van der Waals surface area contributed by atoms with E-state index in [-0.39, 0.29) is 23.5 Å². The van der Waals surface area contributed by atoms with Crippen molar-refractivity contribution in [3.05, 3.63) is 39.7 Å². The molecular weight excluding hydrogens is 327 g/mol. The molecule has 1 aromatic rings. The van der Waals surface area contributed by atoms with Gasteiger partial charge in [-0.25, -0.2) is 4.39 Å². The summed E-state index contributed by atoms with van der Waals surface area (Å²) in [4.78, 5) is 24.2. The van der Waals surface area contributed by atoms with Gasteiger partial charge in [0, 0.05) is 31.1 Å². The van der Waals surface area contributed by atoms with Gasteiger partial charge in [0.05, 0.1) is 23.5 Å². The molecule has 0 amide bonds. The van der Waals surface area contributed by atoms with Crippen LogP contribution in [-0.4, -0.2) is 41.5 Å². The van der Waals surface area contributed by atoms with Gasteiger partial charge in [0.2, 0.25) is 0 Å². The predicted octanol–water partition coefficient (Wildman–Crippen LogP) is 3.11. The molecule has 2 fully saturated rings. The smallest absolute Gasteiger partial charge is 0.309 e. The van der Waals surface area contributed by atoms with Crippen LogP contribution < -0.4 is 0 Å². The number of carbonyl (C=O) groups excluding carboxylic acids is 1. The van der Waals surface area contributed by atoms with Gasteiger partial charge >= 0.3 is 5.97 Å². The van der Waals surface area contributed by atoms with E-state index in [9.17, 15) is 19.3 Å². The van der Waals surface area contributed by atoms with E-state index < -0.39 is 10.7 Å². The van der Waals surface area contributed by atoms with Crippen molar-refractivity contribution in [3.63, 3.8) is 0 Å². The second-order valence-electron chi connectivity index (χ2n) is 7.46. The summed E-state index contributed by atoms with van der Waals surface area (Å²) in [6.07, 6.45) is 1.60. The number of esters is 1. The molecule has 7 heteroatoms. The summed E-state index contributed by atoms with van der Waals surface area (Å²) in [7, 11) is 0. The third-order valence-electron chi connectivity index (χ3n) is 5.07. The summed E-state index contributed by atoms with van der Waals surface area (Å²) < 4.78 is 19.3. The molecule has 0 radical (unpaired) electrons. The minimum absolute atomic E-state index is 0.0149. The number of likely N-dealkylation sites (tertiary alicyclic amines) is 1. The highest BCUT2D eigenvalue weighted by molar-refractivity contribution is 5.73. The summed E-state index contributed by atoms with van der Waals surface area (Å²) in [5.74, 6) is -0.231. The van der Waals surface area contributed by atoms with E-state index in [0.717, 1.165) is 32.0 Å². The van der Waals surface area contributed by atoms with E-state index in [4.69, 9.17) is 4.74 Å². The van der Waals surface area contributed by atoms with Crippen LogP contribution in [0.1, 0.15) is 38.2 Å². The first-order valence-electron chi connectivity index (χ1n) is 8.69. The van der Waals surface area contributed by atoms with E-state index in [0.29, 0.717) is 24.1 Å². The predicted molar refractivity (Wildman–Crippen MR) is 89.7 cm³/mol. The number of nitro groups is 1. The van der Waals surface area contributed by atoms with E-state index >= 15 is 0 Å². The van der Waals surface area contributed by atoms with Crippen molar-refractivity contribution in [2.24, 2.45) is 11.8 Å². The Balaban J connectivity index is 1.45. The number of halogens is 1. The molecule has 0 atom stereocenters. The Morgan fingerprint density at radius 3 is 2.64 bits per heavy atom. The molecular formula is C18H23FN2O4. The summed E-state index contributed by atoms with van der Waals surface area (Å²) >= 11 is 0. The molecule has 0 spiro atoms. The van der Waals surface area contributed by atoms with Crippen LogP contribution in [0.3, 0.4) is 0 Å². The number of non-ortho nitro benzene ring substituents is 1. The van der Waals surface area contributed by atoms with Crippen LogP contribution in [0.4, 0.5) is 10.1 Å². The standard InChI is InChI=1S/C18H23FN2O4/c1-11(2)10-25-18(22)12-5-15(6-12)20-8-13(9-20)16-4-3-14(21(23)24)7-17(16)19/h3-4,7,11-13,15H,5-6,8-10H2,1-2H3. The van der Waals surface area contributed by atoms with Crippen LogP contribution >= 0.6 is 0 Å². The maximum Gasteiger partial charge on any atom is 0.309 e. The second kappa shape index (κ2) is 7.07. The molecule has 6 nitrogen and oxygen atoms in total. The van der Waals surface area contributed by atoms with E-state index in [2.05, 4.69) is 4.90 Å². The minimum atomic E-state index is -0.590. The Morgan fingerprint density at radius 1 is 1.40 bits per heavy atom. The third kappa shape index (κ3) is 3.81. The lowest BCUT2D eigenvalue weighted by Crippen LogP contribution is -2.56. The number of ether oxygens (including phenoxy) is 1. The first-order valence-corrected chi connectivity index (χ1v) is 8.69. The summed E-state index contributed by atoms with van der Waals surface area (Å²) in [5.41, 5.74) is 0.313. The molecule has 0 aromatic heterocycles. The Kier molecular flexibility index (Phi) is 5.03. The second-order valence-corrected chi connectivity index (χ2v) is 7.46. The fourth-order valence-corrected chi connectivity index (χ4v) is 3.41. The molecule has 0 N–H and O–H groups in total. The van der Waals surface area contributed by atoms with Gasteiger partial charge in [-0.1, -0.05) is 13.8 Å². The van der Waals surface area contributed by atoms with Crippen molar-refractivity contribution < 1.29 is 18.8 Å². The zero-order chi connectivity index (χ0) is 18.1. The highest BCUT2D eigenvalue weighted by Crippen LogP contribution is 2.39. The number of nitrogens with zero attached hydrogens (tertiary/aromatic N) is 2. The van der Waals surface area contributed by atoms with Crippen molar-refractivity contribution in [2.75, 3.05) is 19.7 Å². The minimum Gasteiger partial charge on any atom is -0.465 e. The maximum absolute atomic E-state index is 14.0. The molecule has 136 valence electrons. The van der Waals surface area contributed by atoms with Crippen molar-refractivity contribution in [1.29, 1.82) is 0 Å². The van der Waals surface area contributed by atoms with Gasteiger partial charge in [-0.05, 0) is 30.4 Å². The Bertz CT molecular complexity index is 667. The van der Waals surface area contributed by atoms with E-state index in [1.807, 2.05) is 13.8 Å². The van der Waals surface area contributed by atoms with E-state index in [1.54, 1.807) is 0 Å². The van der Waals surface area contributed by atoms with Crippen LogP contribution in [0.5, 0.6) is 0 Å². The average molecular weight is 350 g/mol. The van der Waals surface area contributed by atoms with Crippen LogP contribution in [0, 0.1) is 27.8 Å². The third-order valence-corrected chi connectivity index (χ3v) is 5.07. The molecule has 1 saturated carbocycles. The topological polar surface area (TPSA) is 72.7 Å². The van der Waals surface area contributed by atoms with Crippen LogP contribution in [0.2, 0.25) is 0 Å². The van der Waals surface area contributed by atoms with Crippen molar-refractivity contribution in [2.45, 2.75) is 38.6 Å². The fraction of sp³-hybridized carbons (Fsp3) is 0.611. The van der Waals surface area contributed by atoms with Crippen LogP contribution in [0.15, 0.2) is 18.2 Å². The van der Waals surface area contributed by atoms with Gasteiger partial charge in [0.1, 0.15) is 5.82 Å². The molecule has 1 saturated heterocycles. The normalized spacial score (nSPS) is 23.8. The van der Waals surface area contributed by atoms with E-state index in [1.165, 1.54) is 12.1 Å². The van der Waals surface area contributed by atoms with Crippen molar-refractivity contribution in [3.8, 4) is 0 Å². The van der Waals surface area contributed by atoms with Gasteiger partial charge in [0.25, 0.3) is 5.69 Å². The largest absolute Gasteiger partial charge is 0.465 e. The van der Waals surface area contributed by atoms with Crippen LogP contribution in [-0.2, 0) is 9.53 Å². The molecule has 0 unspecified atom stereocenters. The zero-order valence-corrected chi connectivity index (χ0v) is 14.5. The number of benzene rings is 1. The molecule has 3 rings (SSSR count). The number of rotatable bonds is 6. The fourth-order valence-electron chi connectivity index (χ4n) is 3.41. The van der Waals surface area contributed by atoms with Gasteiger partial charge in [-0.3, -0.25) is 19.8 Å². The van der Waals surface area contributed by atoms with Gasteiger partial charge in [-0.15, -0.1) is 0 Å². The van der Waals surface area contributed by atoms with Crippen molar-refractivity contribution >= 4 is 11.7 Å². The molecule has 0 bridgehead atoms. The molecule has 1 aromatic carbocycles. The Labute approximate surface area is 146 Å². The zero-order valence-electron chi connectivity index (χ0n) is 14.5. The molecule has 2 aliphatic rings. The SMILES string of the molecule is CC(C)COC(=O)C1CC(N2CC(c3ccc([N+](=O)[O-])cc3F)C2)C1. The van der Waals surface area contributed by atoms with Gasteiger partial charge in [-0.2, -0.15) is 0 Å². The summed E-state index contributed by atoms with van der Waals surface area (Å²) in [6.45, 7) is 5.94. The number of nitro benzene ring substituents is 1. The summed E-state index contributed by atoms with van der Waals surface area (Å²) in [5, 5.41) is 10.7. The first kappa shape index (κ1) is 17.8. The highest BCUT2D eigenvalue weighted by atomic mass is 19.1. The Hall–Kier alpha value is -2.02. The van der Waals surface area contributed by atoms with Gasteiger partial charge < -0.3 is 4.74 Å². The lowest BCUT2D eigenvalue weighted by atomic mass is 9.76. The monoisotopic (exact) mass is 350 g/mol. The molecule has 25 heavy (non-hydrogen) atoms. The molecule has 1 heterocycles. The summed E-state index contributed by atoms with van der Waals surface area (Å²) in [6, 6.07) is 4.21. The maximum atomic E-state index is 14.0. The average Bonchev–Trinajstić information content (AvgIpc) is 2.46. The quantitative estimate of drug-likeness (QED) is 0.448.